The number of aromatic nitrogens is 1. The predicted octanol–water partition coefficient (Wildman–Crippen LogP) is 5.52. The molecule has 1 aromatic heterocycles. The summed E-state index contributed by atoms with van der Waals surface area (Å²) in [4.78, 5) is 15.1. The van der Waals surface area contributed by atoms with Crippen molar-refractivity contribution >= 4 is 29.0 Å². The van der Waals surface area contributed by atoms with E-state index in [-0.39, 0.29) is 5.97 Å². The molecule has 24 heavy (non-hydrogen) atoms. The Morgan fingerprint density at radius 1 is 1.08 bits per heavy atom. The Hall–Kier alpha value is -2.46. The van der Waals surface area contributed by atoms with E-state index in [4.69, 9.17) is 17.0 Å². The van der Waals surface area contributed by atoms with Gasteiger partial charge in [0.15, 0.2) is 0 Å². The van der Waals surface area contributed by atoms with E-state index in [0.29, 0.717) is 16.9 Å². The van der Waals surface area contributed by atoms with Crippen molar-refractivity contribution in [2.45, 2.75) is 19.8 Å². The average molecular weight is 337 g/mol. The number of carbonyl (C=O) groups excluding carboxylic acids is 1. The lowest BCUT2D eigenvalue weighted by atomic mass is 10.0. The van der Waals surface area contributed by atoms with Crippen LogP contribution in [0, 0.1) is 4.64 Å². The molecule has 0 spiro atoms. The first-order valence-corrected chi connectivity index (χ1v) is 8.49. The lowest BCUT2D eigenvalue weighted by Gasteiger charge is -2.08. The first kappa shape index (κ1) is 16.4. The average Bonchev–Trinajstić information content (AvgIpc) is 2.62. The lowest BCUT2D eigenvalue weighted by Crippen LogP contribution is -2.08. The van der Waals surface area contributed by atoms with Crippen molar-refractivity contribution in [3.05, 3.63) is 64.9 Å². The number of benzene rings is 2. The van der Waals surface area contributed by atoms with Crippen molar-refractivity contribution in [1.82, 2.24) is 4.98 Å². The van der Waals surface area contributed by atoms with Gasteiger partial charge in [0.2, 0.25) is 0 Å². The standard InChI is InChI=1S/C20H19NO2S/c1-2-3-11-23-20(22)18-13-16-10-9-15(12-17(16)19(24)21-18)14-7-5-4-6-8-14/h4-10,12-13H,2-3,11H2,1H3,(H,21,24). The fraction of sp³-hybridized carbons (Fsp3) is 0.200. The van der Waals surface area contributed by atoms with Crippen LogP contribution in [-0.4, -0.2) is 17.6 Å². The van der Waals surface area contributed by atoms with Crippen LogP contribution in [0.4, 0.5) is 0 Å². The number of ether oxygens (including phenoxy) is 1. The minimum absolute atomic E-state index is 0.358. The molecular weight excluding hydrogens is 318 g/mol. The molecular formula is C20H19NO2S. The second kappa shape index (κ2) is 7.41. The van der Waals surface area contributed by atoms with Crippen LogP contribution in [0.25, 0.3) is 21.9 Å². The number of unbranched alkanes of at least 4 members (excludes halogenated alkanes) is 1. The van der Waals surface area contributed by atoms with E-state index in [1.54, 1.807) is 6.07 Å². The van der Waals surface area contributed by atoms with Crippen LogP contribution in [0.5, 0.6) is 0 Å². The SMILES string of the molecule is CCCCOC(=O)c1cc2ccc(-c3ccccc3)cc2c(=S)[nH]1. The zero-order chi connectivity index (χ0) is 16.9. The fourth-order valence-electron chi connectivity index (χ4n) is 2.57. The Labute approximate surface area is 146 Å². The van der Waals surface area contributed by atoms with E-state index in [0.717, 1.165) is 34.7 Å². The Bertz CT molecular complexity index is 916. The van der Waals surface area contributed by atoms with E-state index >= 15 is 0 Å². The van der Waals surface area contributed by atoms with Crippen LogP contribution in [0.1, 0.15) is 30.3 Å². The molecule has 0 unspecified atom stereocenters. The van der Waals surface area contributed by atoms with Crippen LogP contribution in [0.3, 0.4) is 0 Å². The van der Waals surface area contributed by atoms with Gasteiger partial charge in [-0.05, 0) is 35.1 Å². The molecule has 0 saturated carbocycles. The number of aromatic amines is 1. The number of esters is 1. The van der Waals surface area contributed by atoms with Gasteiger partial charge < -0.3 is 9.72 Å². The molecule has 1 heterocycles. The van der Waals surface area contributed by atoms with Gasteiger partial charge in [0.25, 0.3) is 0 Å². The van der Waals surface area contributed by atoms with Gasteiger partial charge in [0.1, 0.15) is 10.3 Å². The summed E-state index contributed by atoms with van der Waals surface area (Å²) in [5.41, 5.74) is 2.63. The summed E-state index contributed by atoms with van der Waals surface area (Å²) in [6.45, 7) is 2.49. The van der Waals surface area contributed by atoms with E-state index in [1.165, 1.54) is 0 Å². The quantitative estimate of drug-likeness (QED) is 0.378. The Balaban J connectivity index is 1.95. The van der Waals surface area contributed by atoms with Crippen molar-refractivity contribution in [3.8, 4) is 11.1 Å². The Morgan fingerprint density at radius 3 is 2.62 bits per heavy atom. The molecule has 0 saturated heterocycles. The second-order valence-corrected chi connectivity index (χ2v) is 6.08. The highest BCUT2D eigenvalue weighted by Gasteiger charge is 2.10. The molecule has 1 N–H and O–H groups in total. The van der Waals surface area contributed by atoms with E-state index in [2.05, 4.69) is 30.1 Å². The first-order valence-electron chi connectivity index (χ1n) is 8.08. The molecule has 3 rings (SSSR count). The van der Waals surface area contributed by atoms with Crippen LogP contribution < -0.4 is 0 Å². The molecule has 0 aliphatic heterocycles. The van der Waals surface area contributed by atoms with Crippen molar-refractivity contribution in [2.24, 2.45) is 0 Å². The second-order valence-electron chi connectivity index (χ2n) is 5.67. The van der Waals surface area contributed by atoms with Crippen molar-refractivity contribution in [1.29, 1.82) is 0 Å². The minimum Gasteiger partial charge on any atom is -0.461 e. The summed E-state index contributed by atoms with van der Waals surface area (Å²) >= 11 is 5.44. The van der Waals surface area contributed by atoms with Crippen LogP contribution in [0.15, 0.2) is 54.6 Å². The number of rotatable bonds is 5. The third kappa shape index (κ3) is 3.54. The molecule has 122 valence electrons. The molecule has 3 nitrogen and oxygen atoms in total. The summed E-state index contributed by atoms with van der Waals surface area (Å²) < 4.78 is 5.80. The third-order valence-electron chi connectivity index (χ3n) is 3.90. The smallest absolute Gasteiger partial charge is 0.354 e. The number of hydrogen-bond acceptors (Lipinski definition) is 3. The fourth-order valence-corrected chi connectivity index (χ4v) is 2.85. The number of H-pyrrole nitrogens is 1. The maximum Gasteiger partial charge on any atom is 0.354 e. The molecule has 0 radical (unpaired) electrons. The molecule has 0 fully saturated rings. The first-order chi connectivity index (χ1) is 11.7. The highest BCUT2D eigenvalue weighted by molar-refractivity contribution is 7.71. The van der Waals surface area contributed by atoms with Gasteiger partial charge in [-0.25, -0.2) is 4.79 Å². The summed E-state index contributed by atoms with van der Waals surface area (Å²) in [5.74, 6) is -0.358. The number of nitrogens with one attached hydrogen (secondary N) is 1. The number of carbonyl (C=O) groups is 1. The molecule has 3 aromatic rings. The molecule has 0 bridgehead atoms. The maximum atomic E-state index is 12.1. The van der Waals surface area contributed by atoms with Crippen molar-refractivity contribution in [3.63, 3.8) is 0 Å². The highest BCUT2D eigenvalue weighted by Crippen LogP contribution is 2.25. The molecule has 0 aliphatic carbocycles. The number of pyridine rings is 1. The van der Waals surface area contributed by atoms with Gasteiger partial charge in [0, 0.05) is 5.39 Å². The van der Waals surface area contributed by atoms with Crippen LogP contribution in [-0.2, 0) is 4.74 Å². The van der Waals surface area contributed by atoms with E-state index in [9.17, 15) is 4.79 Å². The predicted molar refractivity (Wildman–Crippen MR) is 99.8 cm³/mol. The van der Waals surface area contributed by atoms with E-state index in [1.807, 2.05) is 30.3 Å². The van der Waals surface area contributed by atoms with E-state index < -0.39 is 0 Å². The molecule has 2 aromatic carbocycles. The van der Waals surface area contributed by atoms with Crippen LogP contribution in [0.2, 0.25) is 0 Å². The molecule has 0 amide bonds. The Morgan fingerprint density at radius 2 is 1.88 bits per heavy atom. The van der Waals surface area contributed by atoms with Gasteiger partial charge >= 0.3 is 5.97 Å². The van der Waals surface area contributed by atoms with Gasteiger partial charge in [-0.2, -0.15) is 0 Å². The lowest BCUT2D eigenvalue weighted by molar-refractivity contribution is 0.0493. The molecule has 0 atom stereocenters. The third-order valence-corrected chi connectivity index (χ3v) is 4.23. The summed E-state index contributed by atoms with van der Waals surface area (Å²) in [5, 5.41) is 1.86. The van der Waals surface area contributed by atoms with Crippen LogP contribution >= 0.6 is 12.2 Å². The molecule has 0 aliphatic rings. The minimum atomic E-state index is -0.358. The zero-order valence-electron chi connectivity index (χ0n) is 13.5. The summed E-state index contributed by atoms with van der Waals surface area (Å²) in [7, 11) is 0. The number of fused-ring (bicyclic) bond motifs is 1. The molecule has 4 heteroatoms. The Kier molecular flexibility index (Phi) is 5.06. The summed E-state index contributed by atoms with van der Waals surface area (Å²) in [6, 6.07) is 18.0. The monoisotopic (exact) mass is 337 g/mol. The maximum absolute atomic E-state index is 12.1. The highest BCUT2D eigenvalue weighted by atomic mass is 32.1. The zero-order valence-corrected chi connectivity index (χ0v) is 14.4. The summed E-state index contributed by atoms with van der Waals surface area (Å²) in [6.07, 6.45) is 1.85. The van der Waals surface area contributed by atoms with Gasteiger partial charge in [0.05, 0.1) is 6.61 Å². The van der Waals surface area contributed by atoms with Gasteiger partial charge in [-0.1, -0.05) is 68.0 Å². The topological polar surface area (TPSA) is 42.1 Å². The van der Waals surface area contributed by atoms with Gasteiger partial charge in [-0.15, -0.1) is 0 Å². The van der Waals surface area contributed by atoms with Gasteiger partial charge in [-0.3, -0.25) is 0 Å². The largest absolute Gasteiger partial charge is 0.461 e. The normalized spacial score (nSPS) is 10.7. The number of hydrogen-bond donors (Lipinski definition) is 1. The van der Waals surface area contributed by atoms with Crippen molar-refractivity contribution in [2.75, 3.05) is 6.61 Å². The van der Waals surface area contributed by atoms with Crippen molar-refractivity contribution < 1.29 is 9.53 Å².